The van der Waals surface area contributed by atoms with Crippen molar-refractivity contribution in [3.63, 3.8) is 0 Å². The van der Waals surface area contributed by atoms with Gasteiger partial charge in [-0.25, -0.2) is 0 Å². The Hall–Kier alpha value is -3.60. The lowest BCUT2D eigenvalue weighted by Gasteiger charge is -2.37. The second-order valence-corrected chi connectivity index (χ2v) is 7.80. The third-order valence-corrected chi connectivity index (χ3v) is 5.59. The van der Waals surface area contributed by atoms with Gasteiger partial charge in [-0.05, 0) is 36.2 Å². The molecule has 0 aliphatic carbocycles. The number of amides is 2. The molecule has 31 heavy (non-hydrogen) atoms. The van der Waals surface area contributed by atoms with Gasteiger partial charge in [-0.1, -0.05) is 66.7 Å². The lowest BCUT2D eigenvalue weighted by Crippen LogP contribution is -2.48. The Kier molecular flexibility index (Phi) is 6.62. The summed E-state index contributed by atoms with van der Waals surface area (Å²) in [4.78, 5) is 27.7. The summed E-state index contributed by atoms with van der Waals surface area (Å²) < 4.78 is 5.66. The van der Waals surface area contributed by atoms with Gasteiger partial charge in [0.15, 0.2) is 6.61 Å². The molecule has 1 heterocycles. The molecule has 5 nitrogen and oxygen atoms in total. The van der Waals surface area contributed by atoms with Crippen molar-refractivity contribution in [2.45, 2.75) is 12.3 Å². The summed E-state index contributed by atoms with van der Waals surface area (Å²) in [5.74, 6) is 0.295. The minimum absolute atomic E-state index is 0.0431. The number of hydrogen-bond acceptors (Lipinski definition) is 3. The summed E-state index contributed by atoms with van der Waals surface area (Å²) in [6.07, 6.45) is 0.700. The van der Waals surface area contributed by atoms with Crippen LogP contribution in [0.15, 0.2) is 91.0 Å². The van der Waals surface area contributed by atoms with Crippen molar-refractivity contribution in [2.75, 3.05) is 25.0 Å². The zero-order valence-electron chi connectivity index (χ0n) is 17.3. The maximum absolute atomic E-state index is 13.0. The number of nitrogens with zero attached hydrogens (tertiary/aromatic N) is 1. The number of piperidine rings is 1. The van der Waals surface area contributed by atoms with Crippen LogP contribution in [0.25, 0.3) is 0 Å². The van der Waals surface area contributed by atoms with E-state index in [0.29, 0.717) is 25.3 Å². The number of carbonyl (C=O) groups excluding carboxylic acids is 2. The first-order valence-electron chi connectivity index (χ1n) is 10.6. The molecule has 1 N–H and O–H groups in total. The maximum Gasteiger partial charge on any atom is 0.260 e. The number of carbonyl (C=O) groups is 2. The lowest BCUT2D eigenvalue weighted by atomic mass is 9.84. The predicted octanol–water partition coefficient (Wildman–Crippen LogP) is 4.34. The number of benzene rings is 3. The number of likely N-dealkylation sites (tertiary alicyclic amines) is 1. The summed E-state index contributed by atoms with van der Waals surface area (Å²) in [6, 6.07) is 28.8. The molecular formula is C26H26N2O3. The highest BCUT2D eigenvalue weighted by atomic mass is 16.5. The smallest absolute Gasteiger partial charge is 0.260 e. The van der Waals surface area contributed by atoms with E-state index in [2.05, 4.69) is 17.4 Å². The van der Waals surface area contributed by atoms with Crippen LogP contribution >= 0.6 is 0 Å². The molecule has 1 aliphatic rings. The van der Waals surface area contributed by atoms with Crippen LogP contribution < -0.4 is 10.1 Å². The molecule has 0 saturated carbocycles. The van der Waals surface area contributed by atoms with E-state index in [-0.39, 0.29) is 30.3 Å². The topological polar surface area (TPSA) is 58.6 Å². The fourth-order valence-corrected chi connectivity index (χ4v) is 3.98. The van der Waals surface area contributed by atoms with E-state index >= 15 is 0 Å². The van der Waals surface area contributed by atoms with Crippen molar-refractivity contribution in [1.29, 1.82) is 0 Å². The lowest BCUT2D eigenvalue weighted by molar-refractivity contribution is -0.137. The van der Waals surface area contributed by atoms with Crippen molar-refractivity contribution >= 4 is 17.5 Å². The Morgan fingerprint density at radius 3 is 2.13 bits per heavy atom. The maximum atomic E-state index is 13.0. The van der Waals surface area contributed by atoms with Crippen LogP contribution in [0.3, 0.4) is 0 Å². The number of para-hydroxylation sites is 2. The second kappa shape index (κ2) is 9.94. The van der Waals surface area contributed by atoms with Crippen molar-refractivity contribution in [1.82, 2.24) is 4.90 Å². The molecule has 1 saturated heterocycles. The Balaban J connectivity index is 1.47. The molecule has 0 aromatic heterocycles. The molecule has 1 fully saturated rings. The van der Waals surface area contributed by atoms with Crippen LogP contribution in [-0.2, 0) is 9.59 Å². The highest BCUT2D eigenvalue weighted by Gasteiger charge is 2.34. The normalized spacial score (nSPS) is 18.3. The van der Waals surface area contributed by atoms with Gasteiger partial charge in [0.2, 0.25) is 5.91 Å². The zero-order chi connectivity index (χ0) is 21.5. The van der Waals surface area contributed by atoms with E-state index in [1.54, 1.807) is 4.90 Å². The van der Waals surface area contributed by atoms with Gasteiger partial charge in [0.1, 0.15) is 5.75 Å². The fourth-order valence-electron chi connectivity index (χ4n) is 3.98. The molecule has 1 aliphatic heterocycles. The Labute approximate surface area is 182 Å². The average Bonchev–Trinajstić information content (AvgIpc) is 2.84. The van der Waals surface area contributed by atoms with Gasteiger partial charge >= 0.3 is 0 Å². The third kappa shape index (κ3) is 5.51. The highest BCUT2D eigenvalue weighted by Crippen LogP contribution is 2.31. The summed E-state index contributed by atoms with van der Waals surface area (Å²) in [5.41, 5.74) is 1.90. The number of ether oxygens (including phenoxy) is 1. The first kappa shape index (κ1) is 20.7. The number of hydrogen-bond donors (Lipinski definition) is 1. The van der Waals surface area contributed by atoms with Gasteiger partial charge in [-0.15, -0.1) is 0 Å². The van der Waals surface area contributed by atoms with E-state index in [1.807, 2.05) is 78.9 Å². The van der Waals surface area contributed by atoms with Gasteiger partial charge in [0.25, 0.3) is 5.91 Å². The first-order chi connectivity index (χ1) is 15.2. The molecule has 158 valence electrons. The summed E-state index contributed by atoms with van der Waals surface area (Å²) >= 11 is 0. The molecule has 2 atom stereocenters. The SMILES string of the molecule is O=C(Nc1ccccc1)C1CC(c2ccccc2)CN(C(=O)COc2ccccc2)C1. The largest absolute Gasteiger partial charge is 0.484 e. The standard InChI is InChI=1S/C26H26N2O3/c29-25(19-31-24-14-8-3-9-15-24)28-17-21(20-10-4-1-5-11-20)16-22(18-28)26(30)27-23-12-6-2-7-13-23/h1-15,21-22H,16-19H2,(H,27,30). The van der Waals surface area contributed by atoms with Gasteiger partial charge in [-0.2, -0.15) is 0 Å². The van der Waals surface area contributed by atoms with E-state index in [1.165, 1.54) is 0 Å². The van der Waals surface area contributed by atoms with Gasteiger partial charge in [0.05, 0.1) is 5.92 Å². The Morgan fingerprint density at radius 1 is 0.839 bits per heavy atom. The van der Waals surface area contributed by atoms with Gasteiger partial charge < -0.3 is 15.0 Å². The number of rotatable bonds is 6. The Morgan fingerprint density at radius 2 is 1.45 bits per heavy atom. The number of nitrogens with one attached hydrogen (secondary N) is 1. The van der Waals surface area contributed by atoms with E-state index in [4.69, 9.17) is 4.74 Å². The van der Waals surface area contributed by atoms with Crippen LogP contribution in [0.2, 0.25) is 0 Å². The van der Waals surface area contributed by atoms with Crippen LogP contribution in [0.4, 0.5) is 5.69 Å². The van der Waals surface area contributed by atoms with Crippen molar-refractivity contribution in [2.24, 2.45) is 5.92 Å². The van der Waals surface area contributed by atoms with E-state index in [9.17, 15) is 9.59 Å². The molecule has 2 amide bonds. The van der Waals surface area contributed by atoms with Crippen LogP contribution in [-0.4, -0.2) is 36.4 Å². The minimum Gasteiger partial charge on any atom is -0.484 e. The van der Waals surface area contributed by atoms with Crippen molar-refractivity contribution in [3.05, 3.63) is 96.6 Å². The second-order valence-electron chi connectivity index (χ2n) is 7.80. The monoisotopic (exact) mass is 414 g/mol. The van der Waals surface area contributed by atoms with E-state index in [0.717, 1.165) is 11.3 Å². The van der Waals surface area contributed by atoms with E-state index < -0.39 is 0 Å². The molecule has 4 rings (SSSR count). The summed E-state index contributed by atoms with van der Waals surface area (Å²) in [6.45, 7) is 0.924. The highest BCUT2D eigenvalue weighted by molar-refractivity contribution is 5.93. The van der Waals surface area contributed by atoms with Crippen molar-refractivity contribution < 1.29 is 14.3 Å². The molecule has 3 aromatic carbocycles. The quantitative estimate of drug-likeness (QED) is 0.653. The number of anilines is 1. The molecule has 5 heteroatoms. The van der Waals surface area contributed by atoms with Gasteiger partial charge in [-0.3, -0.25) is 9.59 Å². The predicted molar refractivity (Wildman–Crippen MR) is 121 cm³/mol. The summed E-state index contributed by atoms with van der Waals surface area (Å²) in [5, 5.41) is 2.99. The third-order valence-electron chi connectivity index (χ3n) is 5.59. The molecule has 0 bridgehead atoms. The zero-order valence-corrected chi connectivity index (χ0v) is 17.3. The van der Waals surface area contributed by atoms with Crippen molar-refractivity contribution in [3.8, 4) is 5.75 Å². The van der Waals surface area contributed by atoms with Crippen LogP contribution in [0.1, 0.15) is 17.9 Å². The molecule has 0 spiro atoms. The molecule has 2 unspecified atom stereocenters. The first-order valence-corrected chi connectivity index (χ1v) is 10.6. The van der Waals surface area contributed by atoms with Crippen LogP contribution in [0.5, 0.6) is 5.75 Å². The summed E-state index contributed by atoms with van der Waals surface area (Å²) in [7, 11) is 0. The molecule has 0 radical (unpaired) electrons. The molecular weight excluding hydrogens is 388 g/mol. The average molecular weight is 415 g/mol. The van der Waals surface area contributed by atoms with Gasteiger partial charge in [0, 0.05) is 24.7 Å². The van der Waals surface area contributed by atoms with Crippen LogP contribution in [0, 0.1) is 5.92 Å². The fraction of sp³-hybridized carbons (Fsp3) is 0.231. The Bertz CT molecular complexity index is 993. The minimum atomic E-state index is -0.292. The molecule has 3 aromatic rings.